The van der Waals surface area contributed by atoms with Crippen LogP contribution in [0, 0.1) is 23.2 Å². The molecule has 4 heteroatoms. The fourth-order valence-corrected chi connectivity index (χ4v) is 4.09. The molecular formula is C14H16O4. The van der Waals surface area contributed by atoms with E-state index < -0.39 is 11.4 Å². The second-order valence-corrected chi connectivity index (χ2v) is 5.46. The van der Waals surface area contributed by atoms with Crippen LogP contribution < -0.4 is 0 Å². The fraction of sp³-hybridized carbons (Fsp3) is 0.643. The van der Waals surface area contributed by atoms with Crippen LogP contribution in [0.2, 0.25) is 0 Å². The van der Waals surface area contributed by atoms with Crippen molar-refractivity contribution in [1.82, 2.24) is 0 Å². The van der Waals surface area contributed by atoms with Gasteiger partial charge in [0.1, 0.15) is 11.2 Å². The van der Waals surface area contributed by atoms with Crippen LogP contribution in [0.1, 0.15) is 26.2 Å². The van der Waals surface area contributed by atoms with Crippen molar-refractivity contribution in [1.29, 1.82) is 0 Å². The molecule has 2 saturated carbocycles. The van der Waals surface area contributed by atoms with Crippen molar-refractivity contribution in [2.75, 3.05) is 6.61 Å². The van der Waals surface area contributed by atoms with E-state index in [0.29, 0.717) is 12.8 Å². The SMILES string of the molecule is CCOC(=O)C12C(=O)C=CC3CC1CC(=O)CC32. The Morgan fingerprint density at radius 3 is 2.94 bits per heavy atom. The van der Waals surface area contributed by atoms with Gasteiger partial charge >= 0.3 is 5.97 Å². The number of carbonyl (C=O) groups excluding carboxylic acids is 3. The number of allylic oxidation sites excluding steroid dienone is 2. The minimum Gasteiger partial charge on any atom is -0.465 e. The highest BCUT2D eigenvalue weighted by Crippen LogP contribution is 2.60. The Labute approximate surface area is 105 Å². The summed E-state index contributed by atoms with van der Waals surface area (Å²) in [6, 6.07) is 0. The van der Waals surface area contributed by atoms with E-state index in [2.05, 4.69) is 0 Å². The number of hydrogen-bond donors (Lipinski definition) is 0. The van der Waals surface area contributed by atoms with Crippen LogP contribution in [0.4, 0.5) is 0 Å². The highest BCUT2D eigenvalue weighted by Gasteiger charge is 2.67. The van der Waals surface area contributed by atoms with Gasteiger partial charge < -0.3 is 4.74 Å². The van der Waals surface area contributed by atoms with Gasteiger partial charge in [0.05, 0.1) is 6.61 Å². The van der Waals surface area contributed by atoms with Gasteiger partial charge in [-0.25, -0.2) is 0 Å². The maximum absolute atomic E-state index is 12.3. The second kappa shape index (κ2) is 3.77. The van der Waals surface area contributed by atoms with Crippen LogP contribution in [0.25, 0.3) is 0 Å². The average molecular weight is 248 g/mol. The molecule has 18 heavy (non-hydrogen) atoms. The maximum Gasteiger partial charge on any atom is 0.320 e. The van der Waals surface area contributed by atoms with E-state index in [1.807, 2.05) is 6.08 Å². The first-order valence-electron chi connectivity index (χ1n) is 6.52. The molecule has 0 saturated heterocycles. The van der Waals surface area contributed by atoms with Crippen molar-refractivity contribution in [2.45, 2.75) is 26.2 Å². The van der Waals surface area contributed by atoms with Gasteiger partial charge in [-0.1, -0.05) is 6.08 Å². The number of Topliss-reactive ketones (excluding diaryl/α,β-unsaturated/α-hetero) is 1. The summed E-state index contributed by atoms with van der Waals surface area (Å²) in [6.45, 7) is 2.01. The van der Waals surface area contributed by atoms with E-state index in [9.17, 15) is 14.4 Å². The van der Waals surface area contributed by atoms with Gasteiger partial charge in [-0.05, 0) is 37.2 Å². The lowest BCUT2D eigenvalue weighted by Gasteiger charge is -2.40. The molecule has 0 aromatic rings. The third kappa shape index (κ3) is 1.23. The highest BCUT2D eigenvalue weighted by atomic mass is 16.5. The summed E-state index contributed by atoms with van der Waals surface area (Å²) in [5.74, 6) is -0.531. The number of rotatable bonds is 2. The molecule has 4 unspecified atom stereocenters. The van der Waals surface area contributed by atoms with Gasteiger partial charge in [0, 0.05) is 12.8 Å². The Bertz CT molecular complexity index is 464. The molecule has 0 aromatic carbocycles. The molecule has 0 heterocycles. The minimum absolute atomic E-state index is 0.155. The first-order chi connectivity index (χ1) is 8.60. The van der Waals surface area contributed by atoms with E-state index in [4.69, 9.17) is 4.74 Å². The molecule has 96 valence electrons. The molecular weight excluding hydrogens is 232 g/mol. The molecule has 0 aliphatic heterocycles. The number of carbonyl (C=O) groups is 3. The van der Waals surface area contributed by atoms with Gasteiger partial charge in [-0.2, -0.15) is 0 Å². The molecule has 0 spiro atoms. The summed E-state index contributed by atoms with van der Waals surface area (Å²) in [6.07, 6.45) is 4.85. The van der Waals surface area contributed by atoms with Crippen LogP contribution in [0.15, 0.2) is 12.2 Å². The Kier molecular flexibility index (Phi) is 2.44. The minimum atomic E-state index is -1.05. The van der Waals surface area contributed by atoms with Gasteiger partial charge in [-0.15, -0.1) is 0 Å². The number of ether oxygens (including phenoxy) is 1. The van der Waals surface area contributed by atoms with Crippen molar-refractivity contribution in [2.24, 2.45) is 23.2 Å². The first kappa shape index (κ1) is 11.6. The number of esters is 1. The van der Waals surface area contributed by atoms with Gasteiger partial charge in [-0.3, -0.25) is 14.4 Å². The largest absolute Gasteiger partial charge is 0.465 e. The van der Waals surface area contributed by atoms with E-state index in [0.717, 1.165) is 6.42 Å². The van der Waals surface area contributed by atoms with Crippen molar-refractivity contribution < 1.29 is 19.1 Å². The van der Waals surface area contributed by atoms with E-state index in [-0.39, 0.29) is 35.9 Å². The second-order valence-electron chi connectivity index (χ2n) is 5.46. The lowest BCUT2D eigenvalue weighted by molar-refractivity contribution is -0.168. The quantitative estimate of drug-likeness (QED) is 0.545. The number of hydrogen-bond acceptors (Lipinski definition) is 4. The Morgan fingerprint density at radius 1 is 1.44 bits per heavy atom. The highest BCUT2D eigenvalue weighted by molar-refractivity contribution is 6.12. The molecule has 0 N–H and O–H groups in total. The van der Waals surface area contributed by atoms with Gasteiger partial charge in [0.15, 0.2) is 5.78 Å². The van der Waals surface area contributed by atoms with Crippen LogP contribution in [0.5, 0.6) is 0 Å². The molecule has 3 aliphatic carbocycles. The zero-order valence-electron chi connectivity index (χ0n) is 10.3. The standard InChI is InChI=1S/C14H16O4/c1-2-18-13(17)14-9-5-8(3-4-12(14)16)11(14)7-10(15)6-9/h3-4,8-9,11H,2,5-7H2,1H3. The predicted octanol–water partition coefficient (Wildman–Crippen LogP) is 1.29. The molecule has 0 amide bonds. The van der Waals surface area contributed by atoms with Crippen molar-refractivity contribution in [3.05, 3.63) is 12.2 Å². The summed E-state index contributed by atoms with van der Waals surface area (Å²) in [5, 5.41) is 0. The molecule has 0 aromatic heterocycles. The van der Waals surface area contributed by atoms with Crippen LogP contribution in [-0.2, 0) is 19.1 Å². The smallest absolute Gasteiger partial charge is 0.320 e. The Balaban J connectivity index is 2.09. The molecule has 3 aliphatic rings. The lowest BCUT2D eigenvalue weighted by atomic mass is 9.60. The molecule has 4 nitrogen and oxygen atoms in total. The normalized spacial score (nSPS) is 41.1. The fourth-order valence-electron chi connectivity index (χ4n) is 4.09. The van der Waals surface area contributed by atoms with Crippen molar-refractivity contribution in [3.63, 3.8) is 0 Å². The maximum atomic E-state index is 12.3. The first-order valence-corrected chi connectivity index (χ1v) is 6.52. The molecule has 4 atom stereocenters. The zero-order chi connectivity index (χ0) is 12.9. The summed E-state index contributed by atoms with van der Waals surface area (Å²) in [7, 11) is 0. The summed E-state index contributed by atoms with van der Waals surface area (Å²) in [4.78, 5) is 36.3. The molecule has 2 fully saturated rings. The van der Waals surface area contributed by atoms with Crippen LogP contribution in [-0.4, -0.2) is 24.1 Å². The molecule has 3 rings (SSSR count). The van der Waals surface area contributed by atoms with Crippen molar-refractivity contribution in [3.8, 4) is 0 Å². The van der Waals surface area contributed by atoms with Crippen LogP contribution >= 0.6 is 0 Å². The average Bonchev–Trinajstić information content (AvgIpc) is 2.45. The lowest BCUT2D eigenvalue weighted by Crippen LogP contribution is -2.53. The van der Waals surface area contributed by atoms with Crippen LogP contribution in [0.3, 0.4) is 0 Å². The van der Waals surface area contributed by atoms with E-state index >= 15 is 0 Å². The van der Waals surface area contributed by atoms with Gasteiger partial charge in [0.2, 0.25) is 0 Å². The summed E-state index contributed by atoms with van der Waals surface area (Å²) >= 11 is 0. The Hall–Kier alpha value is -1.45. The predicted molar refractivity (Wildman–Crippen MR) is 62.5 cm³/mol. The zero-order valence-corrected chi connectivity index (χ0v) is 10.3. The van der Waals surface area contributed by atoms with Gasteiger partial charge in [0.25, 0.3) is 0 Å². The summed E-state index contributed by atoms with van der Waals surface area (Å²) in [5.41, 5.74) is -1.05. The molecule has 0 radical (unpaired) electrons. The molecule has 4 bridgehead atoms. The van der Waals surface area contributed by atoms with E-state index in [1.165, 1.54) is 6.08 Å². The Morgan fingerprint density at radius 2 is 2.22 bits per heavy atom. The van der Waals surface area contributed by atoms with E-state index in [1.54, 1.807) is 6.92 Å². The topological polar surface area (TPSA) is 60.4 Å². The number of ketones is 2. The third-order valence-corrected chi connectivity index (χ3v) is 4.74. The summed E-state index contributed by atoms with van der Waals surface area (Å²) < 4.78 is 5.14. The monoisotopic (exact) mass is 248 g/mol. The van der Waals surface area contributed by atoms with Crippen molar-refractivity contribution >= 4 is 17.5 Å². The third-order valence-electron chi connectivity index (χ3n) is 4.74.